The molecule has 8 rings (SSSR count). The van der Waals surface area contributed by atoms with Crippen LogP contribution < -0.4 is 0 Å². The van der Waals surface area contributed by atoms with Crippen LogP contribution in [-0.2, 0) is 12.8 Å². The Balaban J connectivity index is 0.000000157. The molecule has 0 atom stereocenters. The number of pyridine rings is 4. The fraction of sp³-hybridized carbons (Fsp3) is 0.211. The molecule has 0 radical (unpaired) electrons. The fourth-order valence-electron chi connectivity index (χ4n) is 5.57. The van der Waals surface area contributed by atoms with Gasteiger partial charge >= 0.3 is 0 Å². The first-order valence-corrected chi connectivity index (χ1v) is 15.9. The second-order valence-corrected chi connectivity index (χ2v) is 12.4. The zero-order valence-corrected chi connectivity index (χ0v) is 27.2. The molecule has 2 aliphatic rings. The van der Waals surface area contributed by atoms with Gasteiger partial charge in [-0.15, -0.1) is 10.2 Å². The van der Waals surface area contributed by atoms with E-state index >= 15 is 0 Å². The maximum atomic E-state index is 12.2. The second kappa shape index (κ2) is 13.8. The van der Waals surface area contributed by atoms with Crippen molar-refractivity contribution in [1.29, 1.82) is 0 Å². The first kappa shape index (κ1) is 31.9. The van der Waals surface area contributed by atoms with Gasteiger partial charge in [0.05, 0.1) is 22.5 Å². The number of aryl methyl sites for hydroxylation is 1. The molecule has 12 heteroatoms. The maximum Gasteiger partial charge on any atom is 0.294 e. The average Bonchev–Trinajstić information content (AvgIpc) is 3.81. The van der Waals surface area contributed by atoms with Gasteiger partial charge in [0, 0.05) is 60.6 Å². The quantitative estimate of drug-likeness (QED) is 0.214. The van der Waals surface area contributed by atoms with Crippen molar-refractivity contribution < 1.29 is 18.4 Å². The Morgan fingerprint density at radius 2 is 1.18 bits per heavy atom. The lowest BCUT2D eigenvalue weighted by Gasteiger charge is -2.29. The molecule has 2 aliphatic carbocycles. The Bertz CT molecular complexity index is 2340. The molecule has 6 heterocycles. The van der Waals surface area contributed by atoms with Gasteiger partial charge in [0.1, 0.15) is 11.4 Å². The molecule has 0 spiro atoms. The molecule has 12 nitrogen and oxygen atoms in total. The van der Waals surface area contributed by atoms with E-state index in [0.29, 0.717) is 47.1 Å². The van der Waals surface area contributed by atoms with Gasteiger partial charge in [-0.3, -0.25) is 19.6 Å². The number of ketones is 2. The Morgan fingerprint density at radius 1 is 0.620 bits per heavy atom. The normalized spacial score (nSPS) is 14.1. The third-order valence-electron chi connectivity index (χ3n) is 7.91. The smallest absolute Gasteiger partial charge is 0.294 e. The van der Waals surface area contributed by atoms with Crippen molar-refractivity contribution in [3.8, 4) is 46.6 Å². The van der Waals surface area contributed by atoms with Crippen LogP contribution in [0.4, 0.5) is 0 Å². The number of carbonyl (C=O) groups is 2. The number of hydrogen-bond donors (Lipinski definition) is 0. The third-order valence-corrected chi connectivity index (χ3v) is 7.91. The minimum absolute atomic E-state index is 0.0752. The molecule has 0 aliphatic heterocycles. The van der Waals surface area contributed by atoms with Gasteiger partial charge in [0.15, 0.2) is 11.6 Å². The van der Waals surface area contributed by atoms with E-state index < -0.39 is 0 Å². The lowest BCUT2D eigenvalue weighted by molar-refractivity contribution is 0.0909. The highest BCUT2D eigenvalue weighted by Gasteiger charge is 2.31. The summed E-state index contributed by atoms with van der Waals surface area (Å²) < 4.78 is 11.0. The lowest BCUT2D eigenvalue weighted by Crippen LogP contribution is -2.28. The van der Waals surface area contributed by atoms with Crippen LogP contribution in [0.15, 0.2) is 82.2 Å². The topological polar surface area (TPSA) is 164 Å². The maximum absolute atomic E-state index is 12.2. The van der Waals surface area contributed by atoms with Gasteiger partial charge in [-0.1, -0.05) is 24.0 Å². The van der Waals surface area contributed by atoms with E-state index in [1.54, 1.807) is 61.2 Å². The Labute approximate surface area is 286 Å². The molecule has 0 saturated heterocycles. The molecule has 0 amide bonds. The Hall–Kier alpha value is -6.66. The summed E-state index contributed by atoms with van der Waals surface area (Å²) in [6.07, 6.45) is 10.2. The summed E-state index contributed by atoms with van der Waals surface area (Å²) in [6, 6.07) is 14.4. The van der Waals surface area contributed by atoms with Crippen molar-refractivity contribution in [3.05, 3.63) is 119 Å². The largest absolute Gasteiger partial charge is 0.410 e. The van der Waals surface area contributed by atoms with Crippen molar-refractivity contribution in [3.63, 3.8) is 0 Å². The van der Waals surface area contributed by atoms with Crippen LogP contribution in [0.25, 0.3) is 22.9 Å². The predicted molar refractivity (Wildman–Crippen MR) is 179 cm³/mol. The molecule has 0 saturated carbocycles. The highest BCUT2D eigenvalue weighted by atomic mass is 16.4. The molecular formula is C38H28N8O4. The van der Waals surface area contributed by atoms with Gasteiger partial charge in [0.2, 0.25) is 11.8 Å². The summed E-state index contributed by atoms with van der Waals surface area (Å²) in [5, 5.41) is 15.8. The van der Waals surface area contributed by atoms with Gasteiger partial charge in [-0.25, -0.2) is 9.97 Å². The van der Waals surface area contributed by atoms with Crippen LogP contribution in [0.5, 0.6) is 0 Å². The van der Waals surface area contributed by atoms with E-state index in [4.69, 9.17) is 8.83 Å². The number of carbonyl (C=O) groups excluding carboxylic acids is 2. The molecule has 0 unspecified atom stereocenters. The van der Waals surface area contributed by atoms with E-state index in [9.17, 15) is 9.59 Å². The molecule has 50 heavy (non-hydrogen) atoms. The molecular weight excluding hydrogens is 632 g/mol. The minimum atomic E-state index is -0.0752. The summed E-state index contributed by atoms with van der Waals surface area (Å²) in [7, 11) is 0. The third kappa shape index (κ3) is 7.40. The summed E-state index contributed by atoms with van der Waals surface area (Å²) in [6.45, 7) is 4.15. The van der Waals surface area contributed by atoms with Gasteiger partial charge < -0.3 is 8.83 Å². The van der Waals surface area contributed by atoms with Crippen LogP contribution in [0.2, 0.25) is 0 Å². The predicted octanol–water partition coefficient (Wildman–Crippen LogP) is 5.53. The standard InChI is InChI=1S/C20H16N4O2.C18H12N4O2/c1-20(2)10-16-15(17(25)11-20)7-5-14(22-16)6-8-18-23-24-19(26-18)13-4-3-9-21-12-13;23-16-5-1-4-15-14(16)8-6-13(20-15)7-9-17-21-22-18(24-17)12-3-2-10-19-11-12/h3-5,7,9,12H,10-11H2,1-2H3;2-3,6,8,10-11H,1,4-5H2. The van der Waals surface area contributed by atoms with Crippen molar-refractivity contribution in [2.75, 3.05) is 0 Å². The molecule has 0 N–H and O–H groups in total. The van der Waals surface area contributed by atoms with Crippen LogP contribution in [-0.4, -0.2) is 51.9 Å². The molecule has 6 aromatic heterocycles. The summed E-state index contributed by atoms with van der Waals surface area (Å²) in [5.41, 5.74) is 5.60. The summed E-state index contributed by atoms with van der Waals surface area (Å²) >= 11 is 0. The van der Waals surface area contributed by atoms with Crippen LogP contribution in [0.1, 0.15) is 88.4 Å². The zero-order valence-electron chi connectivity index (χ0n) is 27.2. The Kier molecular flexibility index (Phi) is 8.83. The second-order valence-electron chi connectivity index (χ2n) is 12.4. The van der Waals surface area contributed by atoms with E-state index in [1.807, 2.05) is 12.1 Å². The van der Waals surface area contributed by atoms with Crippen LogP contribution in [0, 0.1) is 29.1 Å². The number of fused-ring (bicyclic) bond motifs is 2. The highest BCUT2D eigenvalue weighted by Crippen LogP contribution is 2.33. The van der Waals surface area contributed by atoms with Crippen LogP contribution in [0.3, 0.4) is 0 Å². The van der Waals surface area contributed by atoms with Crippen molar-refractivity contribution in [1.82, 2.24) is 40.3 Å². The van der Waals surface area contributed by atoms with Crippen LogP contribution >= 0.6 is 0 Å². The molecule has 0 bridgehead atoms. The van der Waals surface area contributed by atoms with Crippen molar-refractivity contribution in [2.45, 2.75) is 46.0 Å². The SMILES string of the molecule is CC1(C)CC(=O)c2ccc(C#Cc3nnc(-c4cccnc4)o3)nc2C1.O=C1CCCc2nc(C#Cc3nnc(-c4cccnc4)o3)ccc21. The van der Waals surface area contributed by atoms with Crippen molar-refractivity contribution >= 4 is 11.6 Å². The average molecular weight is 661 g/mol. The monoisotopic (exact) mass is 660 g/mol. The number of hydrogen-bond acceptors (Lipinski definition) is 12. The first-order chi connectivity index (χ1) is 24.3. The van der Waals surface area contributed by atoms with E-state index in [2.05, 4.69) is 77.9 Å². The first-order valence-electron chi connectivity index (χ1n) is 15.9. The minimum Gasteiger partial charge on any atom is -0.410 e. The lowest BCUT2D eigenvalue weighted by atomic mass is 9.75. The highest BCUT2D eigenvalue weighted by molar-refractivity contribution is 5.99. The zero-order chi connectivity index (χ0) is 34.5. The number of nitrogens with zero attached hydrogens (tertiary/aromatic N) is 8. The van der Waals surface area contributed by atoms with Crippen molar-refractivity contribution in [2.24, 2.45) is 5.41 Å². The molecule has 0 fully saturated rings. The molecule has 244 valence electrons. The molecule has 0 aromatic carbocycles. The Morgan fingerprint density at radius 3 is 1.74 bits per heavy atom. The van der Waals surface area contributed by atoms with Gasteiger partial charge in [-0.2, -0.15) is 0 Å². The number of rotatable bonds is 2. The summed E-state index contributed by atoms with van der Waals surface area (Å²) in [4.78, 5) is 41.0. The van der Waals surface area contributed by atoms with E-state index in [-0.39, 0.29) is 28.8 Å². The number of aromatic nitrogens is 8. The van der Waals surface area contributed by atoms with Gasteiger partial charge in [0.25, 0.3) is 11.8 Å². The van der Waals surface area contributed by atoms with E-state index in [0.717, 1.165) is 41.8 Å². The fourth-order valence-corrected chi connectivity index (χ4v) is 5.57. The number of Topliss-reactive ketones (excluding diaryl/α,β-unsaturated/α-hetero) is 2. The van der Waals surface area contributed by atoms with Gasteiger partial charge in [-0.05, 0) is 85.0 Å². The molecule has 6 aromatic rings. The van der Waals surface area contributed by atoms with E-state index in [1.165, 1.54) is 0 Å². The summed E-state index contributed by atoms with van der Waals surface area (Å²) in [5.74, 6) is 12.9.